The van der Waals surface area contributed by atoms with E-state index in [4.69, 9.17) is 0 Å². The van der Waals surface area contributed by atoms with Crippen LogP contribution >= 0.6 is 12.8 Å². The molecular weight excluding hydrogens is 319 g/mol. The molecule has 21 heavy (non-hydrogen) atoms. The van der Waals surface area contributed by atoms with Crippen LogP contribution in [0.2, 0.25) is 0 Å². The lowest BCUT2D eigenvalue weighted by molar-refractivity contribution is -0.117. The maximum absolute atomic E-state index is 13.3. The van der Waals surface area contributed by atoms with Crippen molar-refractivity contribution in [2.24, 2.45) is 0 Å². The Bertz CT molecular complexity index is 661. The van der Waals surface area contributed by atoms with Gasteiger partial charge in [-0.05, 0) is 19.1 Å². The minimum absolute atomic E-state index is 0.0987. The van der Waals surface area contributed by atoms with Crippen LogP contribution in [0.1, 0.15) is 30.6 Å². The van der Waals surface area contributed by atoms with Gasteiger partial charge in [-0.3, -0.25) is 14.3 Å². The van der Waals surface area contributed by atoms with E-state index in [0.717, 1.165) is 12.1 Å². The Morgan fingerprint density at radius 2 is 2.05 bits per heavy atom. The summed E-state index contributed by atoms with van der Waals surface area (Å²) in [6.07, 6.45) is -0.0987. The minimum Gasteiger partial charge on any atom is -0.299 e. The van der Waals surface area contributed by atoms with Gasteiger partial charge in [0.25, 0.3) is 5.91 Å². The molecule has 0 aliphatic rings. The summed E-state index contributed by atoms with van der Waals surface area (Å²) in [7, 11) is -3.97. The Hall–Kier alpha value is -1.61. The Kier molecular flexibility index (Phi) is 5.73. The van der Waals surface area contributed by atoms with E-state index >= 15 is 0 Å². The van der Waals surface area contributed by atoms with Crippen LogP contribution < -0.4 is 9.03 Å². The average Bonchev–Trinajstić information content (AvgIpc) is 2.47. The molecule has 0 heterocycles. The Labute approximate surface area is 127 Å². The molecule has 1 rings (SSSR count). The number of thiol groups is 1. The van der Waals surface area contributed by atoms with Crippen molar-refractivity contribution in [3.63, 3.8) is 0 Å². The van der Waals surface area contributed by atoms with Crippen LogP contribution in [0.25, 0.3) is 0 Å². The largest absolute Gasteiger partial charge is 0.299 e. The second-order valence-corrected chi connectivity index (χ2v) is 6.26. The third-order valence-corrected chi connectivity index (χ3v) is 4.52. The number of amides is 2. The van der Waals surface area contributed by atoms with Crippen molar-refractivity contribution in [2.75, 3.05) is 10.1 Å². The normalized spacial score (nSPS) is 11.0. The van der Waals surface area contributed by atoms with Gasteiger partial charge in [0.05, 0.1) is 17.0 Å². The number of sulfonamides is 1. The molecule has 6 nitrogen and oxygen atoms in total. The molecule has 0 unspecified atom stereocenters. The van der Waals surface area contributed by atoms with Gasteiger partial charge in [0.1, 0.15) is 5.82 Å². The maximum atomic E-state index is 13.3. The first-order valence-corrected chi connectivity index (χ1v) is 8.05. The van der Waals surface area contributed by atoms with Crippen LogP contribution in [-0.4, -0.2) is 26.0 Å². The Morgan fingerprint density at radius 1 is 1.43 bits per heavy atom. The fourth-order valence-corrected chi connectivity index (χ4v) is 2.85. The van der Waals surface area contributed by atoms with Crippen molar-refractivity contribution in [3.05, 3.63) is 29.6 Å². The number of hydrogen-bond donors (Lipinski definition) is 2. The van der Waals surface area contributed by atoms with Gasteiger partial charge < -0.3 is 0 Å². The molecule has 0 saturated carbocycles. The van der Waals surface area contributed by atoms with Crippen molar-refractivity contribution in [2.45, 2.75) is 20.3 Å². The Balaban J connectivity index is 3.59. The summed E-state index contributed by atoms with van der Waals surface area (Å²) >= 11 is 3.56. The molecule has 2 amide bonds. The van der Waals surface area contributed by atoms with Crippen molar-refractivity contribution in [1.29, 1.82) is 0 Å². The van der Waals surface area contributed by atoms with E-state index in [1.54, 1.807) is 0 Å². The first-order valence-electron chi connectivity index (χ1n) is 6.00. The summed E-state index contributed by atoms with van der Waals surface area (Å²) in [5.74, 6) is -2.77. The number of carbonyl (C=O) groups excluding carboxylic acids is 2. The molecule has 0 bridgehead atoms. The highest BCUT2D eigenvalue weighted by Crippen LogP contribution is 2.25. The molecule has 0 aliphatic carbocycles. The topological polar surface area (TPSA) is 83.6 Å². The molecule has 0 spiro atoms. The molecule has 1 radical (unpaired) electrons. The lowest BCUT2D eigenvalue weighted by Gasteiger charge is -2.23. The van der Waals surface area contributed by atoms with Crippen molar-refractivity contribution in [1.82, 2.24) is 4.72 Å². The lowest BCUT2D eigenvalue weighted by Crippen LogP contribution is -2.39. The molecule has 115 valence electrons. The van der Waals surface area contributed by atoms with E-state index < -0.39 is 27.7 Å². The fourth-order valence-electron chi connectivity index (χ4n) is 1.58. The van der Waals surface area contributed by atoms with E-state index in [9.17, 15) is 22.4 Å². The summed E-state index contributed by atoms with van der Waals surface area (Å²) in [6.45, 7) is 2.84. The minimum atomic E-state index is -3.97. The lowest BCUT2D eigenvalue weighted by atomic mass is 10.1. The molecule has 0 atom stereocenters. The smallest absolute Gasteiger partial charge is 0.263 e. The summed E-state index contributed by atoms with van der Waals surface area (Å²) in [4.78, 5) is 23.7. The molecule has 1 aromatic carbocycles. The zero-order valence-corrected chi connectivity index (χ0v) is 13.1. The van der Waals surface area contributed by atoms with Gasteiger partial charge in [0.2, 0.25) is 15.9 Å². The van der Waals surface area contributed by atoms with Crippen LogP contribution in [0.5, 0.6) is 0 Å². The molecule has 0 aromatic heterocycles. The summed E-state index contributed by atoms with van der Waals surface area (Å²) in [6, 6.07) is 3.89. The number of anilines is 1. The maximum Gasteiger partial charge on any atom is 0.263 e. The number of nitrogens with one attached hydrogen (secondary N) is 1. The van der Waals surface area contributed by atoms with Gasteiger partial charge in [-0.2, -0.15) is 0 Å². The molecule has 1 N–H and O–H groups in total. The van der Waals surface area contributed by atoms with Crippen LogP contribution in [0, 0.1) is 11.9 Å². The Morgan fingerprint density at radius 3 is 2.52 bits per heavy atom. The average molecular weight is 333 g/mol. The number of benzene rings is 1. The summed E-state index contributed by atoms with van der Waals surface area (Å²) in [5.41, 5.74) is -0.572. The van der Waals surface area contributed by atoms with Crippen LogP contribution in [0.4, 0.5) is 10.1 Å². The van der Waals surface area contributed by atoms with Crippen molar-refractivity contribution >= 4 is 40.3 Å². The first-order chi connectivity index (χ1) is 9.78. The number of carbonyl (C=O) groups is 2. The van der Waals surface area contributed by atoms with Crippen LogP contribution in [0.3, 0.4) is 0 Å². The van der Waals surface area contributed by atoms with Gasteiger partial charge in [-0.25, -0.2) is 17.1 Å². The zero-order chi connectivity index (χ0) is 16.2. The molecule has 0 fully saturated rings. The van der Waals surface area contributed by atoms with E-state index in [0.29, 0.717) is 4.31 Å². The molecule has 9 heteroatoms. The van der Waals surface area contributed by atoms with Gasteiger partial charge in [0.15, 0.2) is 0 Å². The van der Waals surface area contributed by atoms with Crippen molar-refractivity contribution in [3.8, 4) is 0 Å². The molecule has 0 saturated heterocycles. The van der Waals surface area contributed by atoms with Crippen molar-refractivity contribution < 1.29 is 22.4 Å². The van der Waals surface area contributed by atoms with Gasteiger partial charge in [-0.15, -0.1) is 0 Å². The number of hydrogen-bond acceptors (Lipinski definition) is 5. The molecule has 0 aliphatic heterocycles. The fraction of sp³-hybridized carbons (Fsp3) is 0.333. The van der Waals surface area contributed by atoms with Gasteiger partial charge in [0, 0.05) is 12.5 Å². The zero-order valence-electron chi connectivity index (χ0n) is 11.4. The van der Waals surface area contributed by atoms with E-state index in [2.05, 4.69) is 18.9 Å². The first kappa shape index (κ1) is 17.4. The highest BCUT2D eigenvalue weighted by Gasteiger charge is 2.30. The third kappa shape index (κ3) is 3.73. The van der Waals surface area contributed by atoms with Gasteiger partial charge >= 0.3 is 0 Å². The van der Waals surface area contributed by atoms with Crippen LogP contribution in [-0.2, 0) is 14.8 Å². The summed E-state index contributed by atoms with van der Waals surface area (Å²) < 4.78 is 39.9. The van der Waals surface area contributed by atoms with E-state index in [-0.39, 0.29) is 23.4 Å². The molecular formula is C12H14FN2O4S2. The standard InChI is InChI=1S/C12H14FN2O4S2/c1-3-11(16)15(21(18,19)4-2)10-6-5-8(13)7-9(10)12(17)14-20/h6-7,20H,3-4H2,1-2H3,(H,14,17). The second-order valence-electron chi connectivity index (χ2n) is 3.93. The number of nitrogens with zero attached hydrogens (tertiary/aromatic N) is 1. The number of halogens is 1. The van der Waals surface area contributed by atoms with Gasteiger partial charge in [-0.1, -0.05) is 19.7 Å². The summed E-state index contributed by atoms with van der Waals surface area (Å²) in [5, 5.41) is 0. The predicted molar refractivity (Wildman–Crippen MR) is 78.9 cm³/mol. The highest BCUT2D eigenvalue weighted by atomic mass is 32.2. The SMILES string of the molecule is CCC(=O)N(c1c[c]c(F)cc1C(=O)NS)S(=O)(=O)CC. The predicted octanol–water partition coefficient (Wildman–Crippen LogP) is 1.29. The second kappa shape index (κ2) is 6.90. The number of rotatable bonds is 5. The van der Waals surface area contributed by atoms with Crippen LogP contribution in [0.15, 0.2) is 12.1 Å². The molecule has 1 aromatic rings. The van der Waals surface area contributed by atoms with E-state index in [1.165, 1.54) is 13.8 Å². The third-order valence-electron chi connectivity index (χ3n) is 2.63. The van der Waals surface area contributed by atoms with E-state index in [1.807, 2.05) is 4.72 Å². The quantitative estimate of drug-likeness (QED) is 0.796. The highest BCUT2D eigenvalue weighted by molar-refractivity contribution is 7.93. The monoisotopic (exact) mass is 333 g/mol.